The zero-order chi connectivity index (χ0) is 22.3. The average Bonchev–Trinajstić information content (AvgIpc) is 2.70. The molecule has 0 spiro atoms. The van der Waals surface area contributed by atoms with Gasteiger partial charge in [0.05, 0.1) is 0 Å². The van der Waals surface area contributed by atoms with Gasteiger partial charge in [0.2, 0.25) is 5.91 Å². The summed E-state index contributed by atoms with van der Waals surface area (Å²) in [5, 5.41) is 2.89. The van der Waals surface area contributed by atoms with Crippen LogP contribution in [0.1, 0.15) is 37.5 Å². The number of rotatable bonds is 9. The quantitative estimate of drug-likeness (QED) is 0.584. The molecule has 0 aromatic heterocycles. The Kier molecular flexibility index (Phi) is 8.90. The van der Waals surface area contributed by atoms with Crippen LogP contribution in [0.2, 0.25) is 0 Å². The molecule has 0 heterocycles. The van der Waals surface area contributed by atoms with Crippen LogP contribution in [0, 0.1) is 13.8 Å². The highest BCUT2D eigenvalue weighted by Crippen LogP contribution is 2.26. The van der Waals surface area contributed by atoms with Crippen LogP contribution in [-0.4, -0.2) is 41.9 Å². The second kappa shape index (κ2) is 11.2. The van der Waals surface area contributed by atoms with E-state index in [1.54, 1.807) is 11.8 Å². The number of hydrogen-bond acceptors (Lipinski definition) is 3. The predicted molar refractivity (Wildman–Crippen MR) is 124 cm³/mol. The molecule has 0 saturated carbocycles. The molecular weight excluding hydrogens is 444 g/mol. The summed E-state index contributed by atoms with van der Waals surface area (Å²) in [6.07, 6.45) is 0.669. The van der Waals surface area contributed by atoms with Gasteiger partial charge in [-0.25, -0.2) is 0 Å². The highest BCUT2D eigenvalue weighted by Gasteiger charge is 2.26. The van der Waals surface area contributed by atoms with Crippen LogP contribution in [0.3, 0.4) is 0 Å². The fraction of sp³-hybridized carbons (Fsp3) is 0.417. The molecule has 0 aliphatic rings. The maximum absolute atomic E-state index is 13.0. The number of carbonyl (C=O) groups is 2. The minimum Gasteiger partial charge on any atom is -0.484 e. The van der Waals surface area contributed by atoms with E-state index in [9.17, 15) is 9.59 Å². The van der Waals surface area contributed by atoms with Crippen LogP contribution < -0.4 is 10.1 Å². The lowest BCUT2D eigenvalue weighted by atomic mass is 10.1. The van der Waals surface area contributed by atoms with Gasteiger partial charge in [0, 0.05) is 17.1 Å². The zero-order valence-corrected chi connectivity index (χ0v) is 20.0. The van der Waals surface area contributed by atoms with Crippen molar-refractivity contribution < 1.29 is 14.3 Å². The van der Waals surface area contributed by atoms with Crippen LogP contribution in [-0.2, 0) is 16.0 Å². The second-order valence-corrected chi connectivity index (χ2v) is 8.61. The number of ether oxygens (including phenoxy) is 1. The maximum atomic E-state index is 13.0. The van der Waals surface area contributed by atoms with E-state index in [-0.39, 0.29) is 24.5 Å². The lowest BCUT2D eigenvalue weighted by Crippen LogP contribution is -2.51. The Balaban J connectivity index is 2.11. The lowest BCUT2D eigenvalue weighted by molar-refractivity contribution is -0.141. The van der Waals surface area contributed by atoms with E-state index in [1.807, 2.05) is 70.2 Å². The van der Waals surface area contributed by atoms with Crippen molar-refractivity contribution in [1.29, 1.82) is 0 Å². The van der Waals surface area contributed by atoms with Crippen molar-refractivity contribution in [2.24, 2.45) is 0 Å². The number of amides is 2. The average molecular weight is 475 g/mol. The Morgan fingerprint density at radius 2 is 1.67 bits per heavy atom. The monoisotopic (exact) mass is 474 g/mol. The van der Waals surface area contributed by atoms with Gasteiger partial charge >= 0.3 is 0 Å². The van der Waals surface area contributed by atoms with Crippen LogP contribution in [0.4, 0.5) is 0 Å². The molecule has 5 nitrogen and oxygen atoms in total. The number of aryl methyl sites for hydroxylation is 2. The molecule has 0 radical (unpaired) electrons. The lowest BCUT2D eigenvalue weighted by Gasteiger charge is -2.29. The summed E-state index contributed by atoms with van der Waals surface area (Å²) in [6, 6.07) is 13.2. The first-order chi connectivity index (χ1) is 14.2. The van der Waals surface area contributed by atoms with Gasteiger partial charge in [-0.1, -0.05) is 46.3 Å². The number of nitrogens with zero attached hydrogens (tertiary/aromatic N) is 1. The summed E-state index contributed by atoms with van der Waals surface area (Å²) in [4.78, 5) is 27.2. The van der Waals surface area contributed by atoms with Gasteiger partial charge in [0.1, 0.15) is 11.8 Å². The second-order valence-electron chi connectivity index (χ2n) is 7.82. The predicted octanol–water partition coefficient (Wildman–Crippen LogP) is 4.43. The Bertz CT molecular complexity index is 845. The number of halogens is 1. The Labute approximate surface area is 187 Å². The highest BCUT2D eigenvalue weighted by molar-refractivity contribution is 9.10. The van der Waals surface area contributed by atoms with Crippen molar-refractivity contribution in [3.63, 3.8) is 0 Å². The Hall–Kier alpha value is -2.34. The molecule has 0 unspecified atom stereocenters. The van der Waals surface area contributed by atoms with Gasteiger partial charge in [-0.15, -0.1) is 0 Å². The van der Waals surface area contributed by atoms with Gasteiger partial charge in [-0.05, 0) is 69.9 Å². The summed E-state index contributed by atoms with van der Waals surface area (Å²) in [7, 11) is 0. The molecule has 6 heteroatoms. The van der Waals surface area contributed by atoms with E-state index in [4.69, 9.17) is 4.74 Å². The topological polar surface area (TPSA) is 58.6 Å². The molecule has 162 valence electrons. The molecule has 0 aliphatic carbocycles. The molecule has 30 heavy (non-hydrogen) atoms. The summed E-state index contributed by atoms with van der Waals surface area (Å²) in [5.41, 5.74) is 3.21. The smallest absolute Gasteiger partial charge is 0.261 e. The van der Waals surface area contributed by atoms with Crippen LogP contribution in [0.15, 0.2) is 46.9 Å². The van der Waals surface area contributed by atoms with E-state index in [0.717, 1.165) is 21.2 Å². The van der Waals surface area contributed by atoms with Gasteiger partial charge in [-0.2, -0.15) is 0 Å². The first kappa shape index (κ1) is 23.9. The third-order valence-electron chi connectivity index (χ3n) is 4.85. The number of benzene rings is 2. The molecule has 0 saturated heterocycles. The van der Waals surface area contributed by atoms with Crippen molar-refractivity contribution in [3.05, 3.63) is 63.6 Å². The molecule has 1 N–H and O–H groups in total. The maximum Gasteiger partial charge on any atom is 0.261 e. The van der Waals surface area contributed by atoms with Crippen molar-refractivity contribution in [1.82, 2.24) is 10.2 Å². The molecule has 0 bridgehead atoms. The van der Waals surface area contributed by atoms with Crippen LogP contribution in [0.25, 0.3) is 0 Å². The third-order valence-corrected chi connectivity index (χ3v) is 6.11. The van der Waals surface area contributed by atoms with Gasteiger partial charge in [-0.3, -0.25) is 9.59 Å². The summed E-state index contributed by atoms with van der Waals surface area (Å²) >= 11 is 3.54. The van der Waals surface area contributed by atoms with E-state index in [1.165, 1.54) is 0 Å². The largest absolute Gasteiger partial charge is 0.484 e. The minimum atomic E-state index is -0.583. The summed E-state index contributed by atoms with van der Waals surface area (Å²) < 4.78 is 6.82. The normalized spacial score (nSPS) is 11.8. The van der Waals surface area contributed by atoms with Crippen molar-refractivity contribution in [2.75, 3.05) is 13.2 Å². The summed E-state index contributed by atoms with van der Waals surface area (Å²) in [5.74, 6) is 0.265. The summed E-state index contributed by atoms with van der Waals surface area (Å²) in [6.45, 7) is 9.86. The molecule has 0 aliphatic heterocycles. The van der Waals surface area contributed by atoms with Gasteiger partial charge in [0.15, 0.2) is 6.61 Å². The first-order valence-corrected chi connectivity index (χ1v) is 11.0. The standard InChI is InChI=1S/C24H31BrN2O3/c1-16(2)26-24(29)19(5)27(12-11-20-9-7-6-8-10-20)22(28)15-30-21-13-17(3)23(25)18(4)14-21/h6-10,13-14,16,19H,11-12,15H2,1-5H3,(H,26,29)/t19-/m1/s1. The Morgan fingerprint density at radius 1 is 1.07 bits per heavy atom. The molecule has 2 aromatic rings. The molecule has 1 atom stereocenters. The zero-order valence-electron chi connectivity index (χ0n) is 18.4. The van der Waals surface area contributed by atoms with Crippen molar-refractivity contribution >= 4 is 27.7 Å². The van der Waals surface area contributed by atoms with Crippen LogP contribution >= 0.6 is 15.9 Å². The molecule has 2 aromatic carbocycles. The van der Waals surface area contributed by atoms with E-state index in [0.29, 0.717) is 18.7 Å². The van der Waals surface area contributed by atoms with E-state index in [2.05, 4.69) is 21.2 Å². The fourth-order valence-electron chi connectivity index (χ4n) is 3.19. The Morgan fingerprint density at radius 3 is 2.23 bits per heavy atom. The number of hydrogen-bond donors (Lipinski definition) is 1. The molecule has 0 fully saturated rings. The SMILES string of the molecule is Cc1cc(OCC(=O)N(CCc2ccccc2)[C@H](C)C(=O)NC(C)C)cc(C)c1Br. The molecule has 2 amide bonds. The van der Waals surface area contributed by atoms with Crippen molar-refractivity contribution in [2.45, 2.75) is 53.1 Å². The number of carbonyl (C=O) groups excluding carboxylic acids is 2. The van der Waals surface area contributed by atoms with Gasteiger partial charge < -0.3 is 15.0 Å². The minimum absolute atomic E-state index is 0.0102. The highest BCUT2D eigenvalue weighted by atomic mass is 79.9. The fourth-order valence-corrected chi connectivity index (χ4v) is 3.42. The van der Waals surface area contributed by atoms with Crippen molar-refractivity contribution in [3.8, 4) is 5.75 Å². The molecular formula is C24H31BrN2O3. The third kappa shape index (κ3) is 6.87. The van der Waals surface area contributed by atoms with Gasteiger partial charge in [0.25, 0.3) is 5.91 Å². The number of nitrogens with one attached hydrogen (secondary N) is 1. The van der Waals surface area contributed by atoms with E-state index >= 15 is 0 Å². The van der Waals surface area contributed by atoms with Crippen LogP contribution in [0.5, 0.6) is 5.75 Å². The molecule has 2 rings (SSSR count). The first-order valence-electron chi connectivity index (χ1n) is 10.2. The van der Waals surface area contributed by atoms with E-state index < -0.39 is 6.04 Å².